The zero-order valence-corrected chi connectivity index (χ0v) is 10.3. The van der Waals surface area contributed by atoms with Gasteiger partial charge in [-0.1, -0.05) is 43.2 Å². The number of nitrogens with one attached hydrogen (secondary N) is 1. The number of benzene rings is 1. The summed E-state index contributed by atoms with van der Waals surface area (Å²) < 4.78 is 0. The number of aliphatic carboxylic acids is 1. The quantitative estimate of drug-likeness (QED) is 0.760. The van der Waals surface area contributed by atoms with Crippen LogP contribution in [-0.2, 0) is 9.63 Å². The molecule has 1 aromatic carbocycles. The van der Waals surface area contributed by atoms with Crippen molar-refractivity contribution in [2.24, 2.45) is 0 Å². The number of rotatable bonds is 6. The van der Waals surface area contributed by atoms with Crippen molar-refractivity contribution in [2.75, 3.05) is 6.54 Å². The molecule has 0 radical (unpaired) electrons. The molecule has 1 aliphatic rings. The van der Waals surface area contributed by atoms with Gasteiger partial charge in [-0.3, -0.25) is 9.63 Å². The molecule has 4 nitrogen and oxygen atoms in total. The minimum Gasteiger partial charge on any atom is -0.481 e. The lowest BCUT2D eigenvalue weighted by atomic mass is 10.00. The maximum Gasteiger partial charge on any atom is 0.312 e. The van der Waals surface area contributed by atoms with Crippen molar-refractivity contribution in [1.29, 1.82) is 0 Å². The Bertz CT molecular complexity index is 374. The molecule has 0 amide bonds. The molecule has 18 heavy (non-hydrogen) atoms. The Hall–Kier alpha value is -1.39. The third-order valence-corrected chi connectivity index (χ3v) is 3.34. The summed E-state index contributed by atoms with van der Waals surface area (Å²) in [5.41, 5.74) is 3.63. The van der Waals surface area contributed by atoms with Gasteiger partial charge in [0.15, 0.2) is 0 Å². The van der Waals surface area contributed by atoms with Crippen LogP contribution < -0.4 is 5.48 Å². The van der Waals surface area contributed by atoms with Crippen molar-refractivity contribution >= 4 is 5.97 Å². The van der Waals surface area contributed by atoms with Gasteiger partial charge in [-0.15, -0.1) is 0 Å². The Balaban J connectivity index is 1.85. The molecule has 2 N–H and O–H groups in total. The summed E-state index contributed by atoms with van der Waals surface area (Å²) in [6, 6.07) is 9.24. The molecule has 4 heteroatoms. The third-order valence-electron chi connectivity index (χ3n) is 3.34. The van der Waals surface area contributed by atoms with Crippen LogP contribution in [0.5, 0.6) is 0 Å². The summed E-state index contributed by atoms with van der Waals surface area (Å²) in [5, 5.41) is 9.22. The average Bonchev–Trinajstić information content (AvgIpc) is 2.88. The van der Waals surface area contributed by atoms with E-state index in [4.69, 9.17) is 4.84 Å². The predicted molar refractivity (Wildman–Crippen MR) is 68.2 cm³/mol. The van der Waals surface area contributed by atoms with E-state index < -0.39 is 11.9 Å². The summed E-state index contributed by atoms with van der Waals surface area (Å²) in [7, 11) is 0. The molecular weight excluding hydrogens is 230 g/mol. The van der Waals surface area contributed by atoms with Gasteiger partial charge in [0.25, 0.3) is 0 Å². The highest BCUT2D eigenvalue weighted by Crippen LogP contribution is 2.20. The van der Waals surface area contributed by atoms with E-state index in [1.54, 1.807) is 0 Å². The molecule has 0 bridgehead atoms. The Morgan fingerprint density at radius 3 is 2.61 bits per heavy atom. The van der Waals surface area contributed by atoms with Gasteiger partial charge in [0, 0.05) is 6.54 Å². The smallest absolute Gasteiger partial charge is 0.312 e. The van der Waals surface area contributed by atoms with Crippen LogP contribution in [-0.4, -0.2) is 23.7 Å². The Morgan fingerprint density at radius 1 is 1.33 bits per heavy atom. The second-order valence-electron chi connectivity index (χ2n) is 4.67. The van der Waals surface area contributed by atoms with Crippen LogP contribution in [0.4, 0.5) is 0 Å². The first-order chi connectivity index (χ1) is 8.77. The van der Waals surface area contributed by atoms with E-state index in [0.29, 0.717) is 6.54 Å². The number of carboxylic acids is 1. The fourth-order valence-corrected chi connectivity index (χ4v) is 2.29. The minimum atomic E-state index is -0.830. The van der Waals surface area contributed by atoms with Gasteiger partial charge >= 0.3 is 5.97 Å². The van der Waals surface area contributed by atoms with Crippen molar-refractivity contribution in [3.8, 4) is 0 Å². The number of carboxylic acid groups (broad SMARTS) is 1. The normalized spacial score (nSPS) is 17.8. The highest BCUT2D eigenvalue weighted by molar-refractivity contribution is 5.76. The molecule has 1 aliphatic carbocycles. The minimum absolute atomic E-state index is 0.246. The molecule has 0 saturated heterocycles. The zero-order chi connectivity index (χ0) is 12.8. The number of hydroxylamine groups is 1. The predicted octanol–water partition coefficient (Wildman–Crippen LogP) is 2.32. The van der Waals surface area contributed by atoms with Gasteiger partial charge in [0.05, 0.1) is 12.0 Å². The second-order valence-corrected chi connectivity index (χ2v) is 4.67. The molecule has 0 aromatic heterocycles. The van der Waals surface area contributed by atoms with Gasteiger partial charge in [-0.05, 0) is 18.4 Å². The Labute approximate surface area is 107 Å². The van der Waals surface area contributed by atoms with Gasteiger partial charge in [-0.2, -0.15) is 0 Å². The molecule has 0 heterocycles. The van der Waals surface area contributed by atoms with Crippen LogP contribution in [0.25, 0.3) is 0 Å². The maximum absolute atomic E-state index is 11.2. The van der Waals surface area contributed by atoms with Crippen LogP contribution in [0.15, 0.2) is 30.3 Å². The topological polar surface area (TPSA) is 58.6 Å². The molecule has 1 unspecified atom stereocenters. The lowest BCUT2D eigenvalue weighted by Crippen LogP contribution is -2.30. The van der Waals surface area contributed by atoms with Gasteiger partial charge in [0.1, 0.15) is 0 Å². The monoisotopic (exact) mass is 249 g/mol. The largest absolute Gasteiger partial charge is 0.481 e. The van der Waals surface area contributed by atoms with Gasteiger partial charge in [0.2, 0.25) is 0 Å². The maximum atomic E-state index is 11.2. The summed E-state index contributed by atoms with van der Waals surface area (Å²) in [4.78, 5) is 16.7. The van der Waals surface area contributed by atoms with Gasteiger partial charge < -0.3 is 5.11 Å². The molecule has 0 aliphatic heterocycles. The Kier molecular flexibility index (Phi) is 4.73. The van der Waals surface area contributed by atoms with Crippen LogP contribution >= 0.6 is 0 Å². The van der Waals surface area contributed by atoms with Crippen molar-refractivity contribution in [2.45, 2.75) is 37.7 Å². The van der Waals surface area contributed by atoms with E-state index in [1.807, 2.05) is 30.3 Å². The molecule has 1 atom stereocenters. The van der Waals surface area contributed by atoms with Crippen molar-refractivity contribution in [3.63, 3.8) is 0 Å². The van der Waals surface area contributed by atoms with E-state index in [-0.39, 0.29) is 6.10 Å². The number of hydrogen-bond donors (Lipinski definition) is 2. The highest BCUT2D eigenvalue weighted by Gasteiger charge is 2.21. The number of hydrogen-bond acceptors (Lipinski definition) is 3. The van der Waals surface area contributed by atoms with Crippen LogP contribution in [0.3, 0.4) is 0 Å². The second kappa shape index (κ2) is 6.52. The standard InChI is InChI=1S/C14H19NO3/c16-14(17)13(11-6-2-1-3-7-11)10-15-18-12-8-4-5-9-12/h1-3,6-7,12-13,15H,4-5,8-10H2,(H,16,17). The van der Waals surface area contributed by atoms with Crippen LogP contribution in [0, 0.1) is 0 Å². The molecular formula is C14H19NO3. The molecule has 1 saturated carbocycles. The summed E-state index contributed by atoms with van der Waals surface area (Å²) in [6.45, 7) is 0.301. The lowest BCUT2D eigenvalue weighted by Gasteiger charge is -2.16. The van der Waals surface area contributed by atoms with Crippen LogP contribution in [0.1, 0.15) is 37.2 Å². The zero-order valence-electron chi connectivity index (χ0n) is 10.3. The fourth-order valence-electron chi connectivity index (χ4n) is 2.29. The molecule has 2 rings (SSSR count). The van der Waals surface area contributed by atoms with E-state index in [2.05, 4.69) is 5.48 Å². The third kappa shape index (κ3) is 3.55. The van der Waals surface area contributed by atoms with Crippen molar-refractivity contribution in [1.82, 2.24) is 5.48 Å². The van der Waals surface area contributed by atoms with E-state index >= 15 is 0 Å². The molecule has 0 spiro atoms. The first-order valence-electron chi connectivity index (χ1n) is 6.43. The first kappa shape index (κ1) is 13.1. The van der Waals surface area contributed by atoms with E-state index in [0.717, 1.165) is 18.4 Å². The summed E-state index contributed by atoms with van der Waals surface area (Å²) in [6.07, 6.45) is 4.78. The highest BCUT2D eigenvalue weighted by atomic mass is 16.7. The molecule has 1 fully saturated rings. The SMILES string of the molecule is O=C(O)C(CNOC1CCCC1)c1ccccc1. The fraction of sp³-hybridized carbons (Fsp3) is 0.500. The summed E-state index contributed by atoms with van der Waals surface area (Å²) >= 11 is 0. The van der Waals surface area contributed by atoms with E-state index in [9.17, 15) is 9.90 Å². The van der Waals surface area contributed by atoms with Crippen molar-refractivity contribution < 1.29 is 14.7 Å². The van der Waals surface area contributed by atoms with Crippen molar-refractivity contribution in [3.05, 3.63) is 35.9 Å². The number of carbonyl (C=O) groups is 1. The van der Waals surface area contributed by atoms with E-state index in [1.165, 1.54) is 12.8 Å². The Morgan fingerprint density at radius 2 is 2.00 bits per heavy atom. The van der Waals surface area contributed by atoms with Gasteiger partial charge in [-0.25, -0.2) is 5.48 Å². The average molecular weight is 249 g/mol. The van der Waals surface area contributed by atoms with Crippen LogP contribution in [0.2, 0.25) is 0 Å². The molecule has 1 aromatic rings. The first-order valence-corrected chi connectivity index (χ1v) is 6.43. The molecule has 98 valence electrons. The lowest BCUT2D eigenvalue weighted by molar-refractivity contribution is -0.139. The summed E-state index contributed by atoms with van der Waals surface area (Å²) in [5.74, 6) is -1.39.